The fourth-order valence-electron chi connectivity index (χ4n) is 1.67. The number of hydrogen-bond acceptors (Lipinski definition) is 4. The third-order valence-corrected chi connectivity index (χ3v) is 2.79. The summed E-state index contributed by atoms with van der Waals surface area (Å²) in [4.78, 5) is 22.6. The van der Waals surface area contributed by atoms with E-state index in [1.54, 1.807) is 6.92 Å². The van der Waals surface area contributed by atoms with Gasteiger partial charge in [0.1, 0.15) is 0 Å². The number of carbonyl (C=O) groups excluding carboxylic acids is 2. The first-order valence-electron chi connectivity index (χ1n) is 6.80. The zero-order valence-electron chi connectivity index (χ0n) is 11.3. The minimum absolute atomic E-state index is 0.0931. The van der Waals surface area contributed by atoms with Gasteiger partial charge in [0.15, 0.2) is 0 Å². The molecule has 1 aliphatic carbocycles. The van der Waals surface area contributed by atoms with Crippen molar-refractivity contribution in [2.45, 2.75) is 58.0 Å². The lowest BCUT2D eigenvalue weighted by Gasteiger charge is -2.12. The van der Waals surface area contributed by atoms with Crippen molar-refractivity contribution in [1.29, 1.82) is 0 Å². The highest BCUT2D eigenvalue weighted by molar-refractivity contribution is 5.76. The Morgan fingerprint density at radius 2 is 2.11 bits per heavy atom. The molecule has 0 bridgehead atoms. The third-order valence-electron chi connectivity index (χ3n) is 2.79. The highest BCUT2D eigenvalue weighted by Gasteiger charge is 2.22. The van der Waals surface area contributed by atoms with Crippen LogP contribution in [0.3, 0.4) is 0 Å². The smallest absolute Gasteiger partial charge is 0.307 e. The van der Waals surface area contributed by atoms with Crippen LogP contribution in [0.15, 0.2) is 0 Å². The van der Waals surface area contributed by atoms with Gasteiger partial charge in [-0.3, -0.25) is 9.59 Å². The second-order valence-electron chi connectivity index (χ2n) is 4.81. The quantitative estimate of drug-likeness (QED) is 0.476. The number of hydrogen-bond donors (Lipinski definition) is 2. The summed E-state index contributed by atoms with van der Waals surface area (Å²) in [6.07, 6.45) is 3.98. The molecule has 0 aromatic carbocycles. The SMILES string of the molecule is CCOC(=O)CC(C)NCCCC(=O)NC1CC1. The Labute approximate surface area is 109 Å². The van der Waals surface area contributed by atoms with E-state index >= 15 is 0 Å². The molecule has 0 radical (unpaired) electrons. The van der Waals surface area contributed by atoms with Crippen LogP contribution in [0.4, 0.5) is 0 Å². The number of ether oxygens (including phenoxy) is 1. The van der Waals surface area contributed by atoms with Gasteiger partial charge in [0.25, 0.3) is 0 Å². The molecule has 5 heteroatoms. The Morgan fingerprint density at radius 3 is 2.72 bits per heavy atom. The van der Waals surface area contributed by atoms with Crippen LogP contribution in [0.2, 0.25) is 0 Å². The zero-order valence-corrected chi connectivity index (χ0v) is 11.3. The van der Waals surface area contributed by atoms with Gasteiger partial charge in [-0.15, -0.1) is 0 Å². The first-order chi connectivity index (χ1) is 8.61. The van der Waals surface area contributed by atoms with E-state index in [1.807, 2.05) is 6.92 Å². The maximum Gasteiger partial charge on any atom is 0.307 e. The summed E-state index contributed by atoms with van der Waals surface area (Å²) in [5.41, 5.74) is 0. The normalized spacial score (nSPS) is 16.1. The molecule has 1 amide bonds. The van der Waals surface area contributed by atoms with E-state index in [0.29, 0.717) is 25.5 Å². The Hall–Kier alpha value is -1.10. The highest BCUT2D eigenvalue weighted by atomic mass is 16.5. The van der Waals surface area contributed by atoms with Crippen molar-refractivity contribution < 1.29 is 14.3 Å². The summed E-state index contributed by atoms with van der Waals surface area (Å²) in [5.74, 6) is -0.0404. The molecule has 0 saturated heterocycles. The second kappa shape index (κ2) is 8.08. The van der Waals surface area contributed by atoms with Gasteiger partial charge in [0.2, 0.25) is 5.91 Å². The first-order valence-corrected chi connectivity index (χ1v) is 6.80. The van der Waals surface area contributed by atoms with Crippen molar-refractivity contribution in [2.24, 2.45) is 0 Å². The van der Waals surface area contributed by atoms with Crippen LogP contribution < -0.4 is 10.6 Å². The lowest BCUT2D eigenvalue weighted by atomic mass is 10.2. The summed E-state index contributed by atoms with van der Waals surface area (Å²) < 4.78 is 4.86. The van der Waals surface area contributed by atoms with Crippen molar-refractivity contribution in [3.8, 4) is 0 Å². The molecular weight excluding hydrogens is 232 g/mol. The number of nitrogens with one attached hydrogen (secondary N) is 2. The standard InChI is InChI=1S/C13H24N2O3/c1-3-18-13(17)9-10(2)14-8-4-5-12(16)15-11-6-7-11/h10-11,14H,3-9H2,1-2H3,(H,15,16). The van der Waals surface area contributed by atoms with Gasteiger partial charge in [-0.2, -0.15) is 0 Å². The summed E-state index contributed by atoms with van der Waals surface area (Å²) in [5, 5.41) is 6.17. The molecular formula is C13H24N2O3. The Kier molecular flexibility index (Phi) is 6.72. The van der Waals surface area contributed by atoms with Crippen molar-refractivity contribution in [1.82, 2.24) is 10.6 Å². The van der Waals surface area contributed by atoms with E-state index in [9.17, 15) is 9.59 Å². The van der Waals surface area contributed by atoms with Gasteiger partial charge in [0.05, 0.1) is 13.0 Å². The molecule has 1 rings (SSSR count). The van der Waals surface area contributed by atoms with Crippen LogP contribution in [0.1, 0.15) is 46.0 Å². The number of carbonyl (C=O) groups is 2. The van der Waals surface area contributed by atoms with Crippen LogP contribution >= 0.6 is 0 Å². The molecule has 1 saturated carbocycles. The Morgan fingerprint density at radius 1 is 1.39 bits per heavy atom. The van der Waals surface area contributed by atoms with Gasteiger partial charge in [-0.25, -0.2) is 0 Å². The van der Waals surface area contributed by atoms with Gasteiger partial charge < -0.3 is 15.4 Å². The average molecular weight is 256 g/mol. The fraction of sp³-hybridized carbons (Fsp3) is 0.846. The van der Waals surface area contributed by atoms with Crippen LogP contribution in [0.5, 0.6) is 0 Å². The van der Waals surface area contributed by atoms with E-state index in [4.69, 9.17) is 4.74 Å². The topological polar surface area (TPSA) is 67.4 Å². The molecule has 2 N–H and O–H groups in total. The molecule has 18 heavy (non-hydrogen) atoms. The molecule has 0 aromatic rings. The molecule has 0 aliphatic heterocycles. The monoisotopic (exact) mass is 256 g/mol. The average Bonchev–Trinajstić information content (AvgIpc) is 3.08. The minimum atomic E-state index is -0.177. The molecule has 5 nitrogen and oxygen atoms in total. The van der Waals surface area contributed by atoms with Crippen molar-refractivity contribution in [3.05, 3.63) is 0 Å². The van der Waals surface area contributed by atoms with Crippen LogP contribution in [-0.4, -0.2) is 37.1 Å². The molecule has 0 aromatic heterocycles. The second-order valence-corrected chi connectivity index (χ2v) is 4.81. The molecule has 1 fully saturated rings. The summed E-state index contributed by atoms with van der Waals surface area (Å²) >= 11 is 0. The van der Waals surface area contributed by atoms with Gasteiger partial charge >= 0.3 is 5.97 Å². The maximum absolute atomic E-state index is 11.4. The van der Waals surface area contributed by atoms with E-state index in [2.05, 4.69) is 10.6 Å². The molecule has 0 spiro atoms. The molecule has 104 valence electrons. The molecule has 1 atom stereocenters. The highest BCUT2D eigenvalue weighted by Crippen LogP contribution is 2.18. The summed E-state index contributed by atoms with van der Waals surface area (Å²) in [7, 11) is 0. The van der Waals surface area contributed by atoms with E-state index in [1.165, 1.54) is 0 Å². The van der Waals surface area contributed by atoms with Crippen LogP contribution in [-0.2, 0) is 14.3 Å². The number of rotatable bonds is 9. The largest absolute Gasteiger partial charge is 0.466 e. The lowest BCUT2D eigenvalue weighted by Crippen LogP contribution is -2.31. The Bertz CT molecular complexity index is 277. The maximum atomic E-state index is 11.4. The van der Waals surface area contributed by atoms with E-state index < -0.39 is 0 Å². The first kappa shape index (κ1) is 15.0. The van der Waals surface area contributed by atoms with Gasteiger partial charge in [-0.1, -0.05) is 0 Å². The van der Waals surface area contributed by atoms with Crippen molar-refractivity contribution >= 4 is 11.9 Å². The van der Waals surface area contributed by atoms with E-state index in [0.717, 1.165) is 25.8 Å². The number of amides is 1. The minimum Gasteiger partial charge on any atom is -0.466 e. The van der Waals surface area contributed by atoms with Crippen molar-refractivity contribution in [2.75, 3.05) is 13.2 Å². The Balaban J connectivity index is 1.95. The summed E-state index contributed by atoms with van der Waals surface area (Å²) in [6, 6.07) is 0.531. The predicted octanol–water partition coefficient (Wildman–Crippen LogP) is 0.976. The van der Waals surface area contributed by atoms with Crippen molar-refractivity contribution in [3.63, 3.8) is 0 Å². The van der Waals surface area contributed by atoms with Gasteiger partial charge in [-0.05, 0) is 39.7 Å². The van der Waals surface area contributed by atoms with E-state index in [-0.39, 0.29) is 17.9 Å². The van der Waals surface area contributed by atoms with Crippen LogP contribution in [0, 0.1) is 0 Å². The third kappa shape index (κ3) is 7.27. The molecule has 1 unspecified atom stereocenters. The summed E-state index contributed by atoms with van der Waals surface area (Å²) in [6.45, 7) is 4.92. The fourth-order valence-corrected chi connectivity index (χ4v) is 1.67. The zero-order chi connectivity index (χ0) is 13.4. The lowest BCUT2D eigenvalue weighted by molar-refractivity contribution is -0.143. The van der Waals surface area contributed by atoms with Crippen LogP contribution in [0.25, 0.3) is 0 Å². The predicted molar refractivity (Wildman–Crippen MR) is 69.1 cm³/mol. The van der Waals surface area contributed by atoms with Gasteiger partial charge in [0, 0.05) is 18.5 Å². The number of esters is 1. The molecule has 1 aliphatic rings. The molecule has 0 heterocycles.